The van der Waals surface area contributed by atoms with Crippen molar-refractivity contribution in [3.05, 3.63) is 28.2 Å². The van der Waals surface area contributed by atoms with Crippen LogP contribution in [0, 0.1) is 0 Å². The first kappa shape index (κ1) is 14.6. The standard InChI is InChI=1S/C12H12Cl2N4O2/c13-8-1-2-10(9(14)5-8)18-4-3-17(6-11(18)19)12(20)16-7-15/h1-2,5,7H,3-4,6H2,(H2,15,16,20). The van der Waals surface area contributed by atoms with E-state index in [4.69, 9.17) is 28.9 Å². The molecule has 2 N–H and O–H groups in total. The third kappa shape index (κ3) is 3.02. The molecule has 2 rings (SSSR count). The summed E-state index contributed by atoms with van der Waals surface area (Å²) in [5.74, 6) is -0.235. The highest BCUT2D eigenvalue weighted by molar-refractivity contribution is 6.36. The first-order valence-electron chi connectivity index (χ1n) is 5.81. The lowest BCUT2D eigenvalue weighted by molar-refractivity contribution is -0.120. The van der Waals surface area contributed by atoms with Gasteiger partial charge >= 0.3 is 6.03 Å². The highest BCUT2D eigenvalue weighted by Crippen LogP contribution is 2.29. The molecule has 1 heterocycles. The van der Waals surface area contributed by atoms with Crippen LogP contribution >= 0.6 is 23.2 Å². The lowest BCUT2D eigenvalue weighted by Gasteiger charge is -2.33. The zero-order chi connectivity index (χ0) is 14.7. The topological polar surface area (TPSA) is 79.0 Å². The van der Waals surface area contributed by atoms with E-state index in [2.05, 4.69) is 4.99 Å². The van der Waals surface area contributed by atoms with Crippen molar-refractivity contribution in [2.45, 2.75) is 0 Å². The Hall–Kier alpha value is -1.79. The van der Waals surface area contributed by atoms with Gasteiger partial charge in [-0.15, -0.1) is 0 Å². The molecular weight excluding hydrogens is 303 g/mol. The van der Waals surface area contributed by atoms with Gasteiger partial charge in [0.05, 0.1) is 17.0 Å². The first-order valence-corrected chi connectivity index (χ1v) is 6.57. The number of nitrogens with zero attached hydrogens (tertiary/aromatic N) is 3. The Morgan fingerprint density at radius 3 is 2.70 bits per heavy atom. The molecule has 0 saturated carbocycles. The van der Waals surface area contributed by atoms with E-state index >= 15 is 0 Å². The second-order valence-electron chi connectivity index (χ2n) is 4.12. The van der Waals surface area contributed by atoms with Crippen LogP contribution in [0.1, 0.15) is 0 Å². The van der Waals surface area contributed by atoms with E-state index in [1.54, 1.807) is 18.2 Å². The summed E-state index contributed by atoms with van der Waals surface area (Å²) in [5, 5.41) is 0.892. The van der Waals surface area contributed by atoms with Gasteiger partial charge < -0.3 is 15.5 Å². The molecule has 8 heteroatoms. The Bertz CT molecular complexity index is 577. The molecule has 3 amide bonds. The van der Waals surface area contributed by atoms with Gasteiger partial charge in [0.1, 0.15) is 6.54 Å². The molecule has 0 unspecified atom stereocenters. The molecule has 0 radical (unpaired) electrons. The molecule has 106 valence electrons. The highest BCUT2D eigenvalue weighted by atomic mass is 35.5. The SMILES string of the molecule is NC=NC(=O)N1CCN(c2ccc(Cl)cc2Cl)C(=O)C1. The summed E-state index contributed by atoms with van der Waals surface area (Å²) < 4.78 is 0. The van der Waals surface area contributed by atoms with Crippen LogP contribution < -0.4 is 10.6 Å². The predicted molar refractivity (Wildman–Crippen MR) is 78.5 cm³/mol. The number of carbonyl (C=O) groups is 2. The van der Waals surface area contributed by atoms with Gasteiger partial charge in [-0.1, -0.05) is 23.2 Å². The van der Waals surface area contributed by atoms with Crippen molar-refractivity contribution >= 4 is 47.2 Å². The van der Waals surface area contributed by atoms with Crippen LogP contribution in [-0.4, -0.2) is 42.8 Å². The summed E-state index contributed by atoms with van der Waals surface area (Å²) in [6.07, 6.45) is 0.912. The highest BCUT2D eigenvalue weighted by Gasteiger charge is 2.28. The van der Waals surface area contributed by atoms with Crippen LogP contribution in [0.4, 0.5) is 10.5 Å². The average molecular weight is 315 g/mol. The molecule has 1 fully saturated rings. The van der Waals surface area contributed by atoms with Crippen LogP contribution in [0.2, 0.25) is 10.0 Å². The van der Waals surface area contributed by atoms with Gasteiger partial charge in [0.2, 0.25) is 5.91 Å². The molecule has 1 aliphatic rings. The van der Waals surface area contributed by atoms with Gasteiger partial charge in [0.25, 0.3) is 0 Å². The molecule has 6 nitrogen and oxygen atoms in total. The Balaban J connectivity index is 2.14. The van der Waals surface area contributed by atoms with E-state index in [-0.39, 0.29) is 12.5 Å². The number of nitrogens with two attached hydrogens (primary N) is 1. The number of halogens is 2. The van der Waals surface area contributed by atoms with Gasteiger partial charge in [-0.2, -0.15) is 4.99 Å². The second-order valence-corrected chi connectivity index (χ2v) is 4.97. The van der Waals surface area contributed by atoms with Crippen LogP contribution in [0.5, 0.6) is 0 Å². The van der Waals surface area contributed by atoms with Crippen molar-refractivity contribution < 1.29 is 9.59 Å². The number of anilines is 1. The van der Waals surface area contributed by atoms with Crippen LogP contribution in [-0.2, 0) is 4.79 Å². The quantitative estimate of drug-likeness (QED) is 0.633. The van der Waals surface area contributed by atoms with Crippen molar-refractivity contribution in [3.8, 4) is 0 Å². The molecule has 1 aliphatic heterocycles. The fourth-order valence-electron chi connectivity index (χ4n) is 1.94. The van der Waals surface area contributed by atoms with Crippen LogP contribution in [0.15, 0.2) is 23.2 Å². The van der Waals surface area contributed by atoms with Gasteiger partial charge in [-0.3, -0.25) is 4.79 Å². The number of hydrogen-bond acceptors (Lipinski definition) is 2. The molecule has 1 saturated heterocycles. The smallest absolute Gasteiger partial charge is 0.345 e. The summed E-state index contributed by atoms with van der Waals surface area (Å²) in [6, 6.07) is 4.38. The molecule has 0 aromatic heterocycles. The molecule has 0 aliphatic carbocycles. The van der Waals surface area contributed by atoms with Crippen molar-refractivity contribution in [1.82, 2.24) is 4.90 Å². The maximum atomic E-state index is 12.1. The van der Waals surface area contributed by atoms with E-state index in [1.165, 1.54) is 9.80 Å². The monoisotopic (exact) mass is 314 g/mol. The molecule has 20 heavy (non-hydrogen) atoms. The van der Waals surface area contributed by atoms with E-state index in [0.29, 0.717) is 28.8 Å². The number of aliphatic imine (C=N–C) groups is 1. The van der Waals surface area contributed by atoms with Gasteiger partial charge in [-0.05, 0) is 18.2 Å². The number of rotatable bonds is 1. The first-order chi connectivity index (χ1) is 9.52. The summed E-state index contributed by atoms with van der Waals surface area (Å²) >= 11 is 11.9. The molecule has 0 bridgehead atoms. The predicted octanol–water partition coefficient (Wildman–Crippen LogP) is 1.75. The minimum atomic E-state index is -0.525. The third-order valence-corrected chi connectivity index (χ3v) is 3.41. The third-order valence-electron chi connectivity index (χ3n) is 2.88. The van der Waals surface area contributed by atoms with E-state index in [1.807, 2.05) is 0 Å². The van der Waals surface area contributed by atoms with E-state index in [9.17, 15) is 9.59 Å². The van der Waals surface area contributed by atoms with Crippen LogP contribution in [0.25, 0.3) is 0 Å². The second kappa shape index (κ2) is 6.11. The summed E-state index contributed by atoms with van der Waals surface area (Å²) in [7, 11) is 0. The number of benzene rings is 1. The fraction of sp³-hybridized carbons (Fsp3) is 0.250. The minimum Gasteiger partial charge on any atom is -0.390 e. The lowest BCUT2D eigenvalue weighted by Crippen LogP contribution is -2.51. The summed E-state index contributed by atoms with van der Waals surface area (Å²) in [4.78, 5) is 29.9. The van der Waals surface area contributed by atoms with E-state index < -0.39 is 6.03 Å². The van der Waals surface area contributed by atoms with Crippen molar-refractivity contribution in [1.29, 1.82) is 0 Å². The number of urea groups is 1. The Morgan fingerprint density at radius 2 is 2.10 bits per heavy atom. The van der Waals surface area contributed by atoms with Crippen molar-refractivity contribution in [2.75, 3.05) is 24.5 Å². The van der Waals surface area contributed by atoms with Gasteiger partial charge in [0, 0.05) is 18.1 Å². The molecule has 0 spiro atoms. The van der Waals surface area contributed by atoms with E-state index in [0.717, 1.165) is 6.34 Å². The molecule has 1 aromatic carbocycles. The number of amides is 3. The zero-order valence-corrected chi connectivity index (χ0v) is 11.9. The summed E-state index contributed by atoms with van der Waals surface area (Å²) in [5.41, 5.74) is 5.64. The maximum absolute atomic E-state index is 12.1. The van der Waals surface area contributed by atoms with Gasteiger partial charge in [-0.25, -0.2) is 4.79 Å². The molecule has 0 atom stereocenters. The van der Waals surface area contributed by atoms with Crippen molar-refractivity contribution in [2.24, 2.45) is 10.7 Å². The summed E-state index contributed by atoms with van der Waals surface area (Å²) in [6.45, 7) is 0.641. The minimum absolute atomic E-state index is 0.0604. The largest absolute Gasteiger partial charge is 0.390 e. The van der Waals surface area contributed by atoms with Crippen LogP contribution in [0.3, 0.4) is 0 Å². The Kier molecular flexibility index (Phi) is 4.46. The molecule has 1 aromatic rings. The van der Waals surface area contributed by atoms with Crippen molar-refractivity contribution in [3.63, 3.8) is 0 Å². The van der Waals surface area contributed by atoms with Gasteiger partial charge in [0.15, 0.2) is 0 Å². The number of carbonyl (C=O) groups excluding carboxylic acids is 2. The zero-order valence-electron chi connectivity index (χ0n) is 10.4. The normalized spacial score (nSPS) is 16.0. The number of hydrogen-bond donors (Lipinski definition) is 1. The average Bonchev–Trinajstić information content (AvgIpc) is 2.40. The Morgan fingerprint density at radius 1 is 1.35 bits per heavy atom. The lowest BCUT2D eigenvalue weighted by atomic mass is 10.2. The number of piperazine rings is 1. The molecular formula is C12H12Cl2N4O2. The fourth-order valence-corrected chi connectivity index (χ4v) is 2.45. The Labute approximate surface area is 125 Å². The maximum Gasteiger partial charge on any atom is 0.345 e.